The highest BCUT2D eigenvalue weighted by Crippen LogP contribution is 2.30. The number of rotatable bonds is 1. The third-order valence-electron chi connectivity index (χ3n) is 1.82. The van der Waals surface area contributed by atoms with E-state index in [0.717, 1.165) is 12.1 Å². The molecule has 0 atom stereocenters. The maximum atomic E-state index is 12.5. The molecule has 1 aromatic carbocycles. The number of hydrogen-bond acceptors (Lipinski definition) is 2. The van der Waals surface area contributed by atoms with Crippen LogP contribution in [0.5, 0.6) is 0 Å². The van der Waals surface area contributed by atoms with Crippen molar-refractivity contribution >= 4 is 18.6 Å². The lowest BCUT2D eigenvalue weighted by Gasteiger charge is -2.08. The van der Waals surface area contributed by atoms with Gasteiger partial charge in [-0.15, -0.1) is 0 Å². The first-order chi connectivity index (χ1) is 7.84. The van der Waals surface area contributed by atoms with Crippen LogP contribution in [0.25, 0.3) is 0 Å². The maximum Gasteiger partial charge on any atom is 0.416 e. The first-order valence-corrected chi connectivity index (χ1v) is 5.03. The lowest BCUT2D eigenvalue weighted by Crippen LogP contribution is -2.08. The van der Waals surface area contributed by atoms with Crippen molar-refractivity contribution in [1.82, 2.24) is 0 Å². The number of carboxylic acid groups (broad SMARTS) is 1. The molecule has 0 radical (unpaired) electrons. The number of aromatic carboxylic acids is 1. The first kappa shape index (κ1) is 13.5. The zero-order chi connectivity index (χ0) is 13.1. The van der Waals surface area contributed by atoms with Gasteiger partial charge < -0.3 is 5.11 Å². The zero-order valence-corrected chi connectivity index (χ0v) is 9.27. The quantitative estimate of drug-likeness (QED) is 0.601. The van der Waals surface area contributed by atoms with E-state index in [2.05, 4.69) is 24.5 Å². The summed E-state index contributed by atoms with van der Waals surface area (Å²) >= 11 is 3.79. The number of thiol groups is 1. The molecule has 0 bridgehead atoms. The molecule has 0 fully saturated rings. The summed E-state index contributed by atoms with van der Waals surface area (Å²) in [4.78, 5) is 10.7. The molecule has 2 nitrogen and oxygen atoms in total. The fraction of sp³-hybridized carbons (Fsp3) is 0.182. The highest BCUT2D eigenvalue weighted by Gasteiger charge is 2.31. The largest absolute Gasteiger partial charge is 0.478 e. The van der Waals surface area contributed by atoms with E-state index in [1.165, 1.54) is 0 Å². The summed E-state index contributed by atoms with van der Waals surface area (Å²) in [5.74, 6) is 3.63. The molecule has 0 amide bonds. The lowest BCUT2D eigenvalue weighted by molar-refractivity contribution is -0.137. The van der Waals surface area contributed by atoms with Crippen molar-refractivity contribution in [2.24, 2.45) is 0 Å². The molecule has 0 spiro atoms. The van der Waals surface area contributed by atoms with Gasteiger partial charge in [-0.1, -0.05) is 11.8 Å². The Morgan fingerprint density at radius 3 is 2.47 bits per heavy atom. The topological polar surface area (TPSA) is 37.3 Å². The molecule has 0 aliphatic carbocycles. The van der Waals surface area contributed by atoms with Gasteiger partial charge in [0.15, 0.2) is 0 Å². The molecular formula is C11H7F3O2S. The molecule has 0 heterocycles. The average Bonchev–Trinajstić information content (AvgIpc) is 2.24. The van der Waals surface area contributed by atoms with Crippen LogP contribution in [0.4, 0.5) is 13.2 Å². The van der Waals surface area contributed by atoms with E-state index in [-0.39, 0.29) is 11.3 Å². The smallest absolute Gasteiger partial charge is 0.416 e. The van der Waals surface area contributed by atoms with Crippen molar-refractivity contribution in [2.75, 3.05) is 5.75 Å². The van der Waals surface area contributed by atoms with Crippen LogP contribution in [0.15, 0.2) is 18.2 Å². The molecule has 0 aliphatic rings. The third-order valence-corrected chi connectivity index (χ3v) is 1.98. The van der Waals surface area contributed by atoms with Gasteiger partial charge in [-0.3, -0.25) is 0 Å². The fourth-order valence-electron chi connectivity index (χ4n) is 1.13. The van der Waals surface area contributed by atoms with Crippen molar-refractivity contribution in [3.8, 4) is 11.8 Å². The second-order valence-electron chi connectivity index (χ2n) is 3.06. The van der Waals surface area contributed by atoms with Gasteiger partial charge in [0, 0.05) is 5.56 Å². The predicted octanol–water partition coefficient (Wildman–Crippen LogP) is 2.68. The van der Waals surface area contributed by atoms with Crippen molar-refractivity contribution in [3.05, 3.63) is 34.9 Å². The molecule has 0 aromatic heterocycles. The molecule has 6 heteroatoms. The van der Waals surface area contributed by atoms with Gasteiger partial charge in [-0.2, -0.15) is 25.8 Å². The van der Waals surface area contributed by atoms with Gasteiger partial charge in [0.05, 0.1) is 16.9 Å². The van der Waals surface area contributed by atoms with Gasteiger partial charge in [0.2, 0.25) is 0 Å². The number of hydrogen-bond donors (Lipinski definition) is 2. The summed E-state index contributed by atoms with van der Waals surface area (Å²) in [6.45, 7) is 0. The third kappa shape index (κ3) is 3.71. The standard InChI is InChI=1S/C11H7F3O2S/c12-11(13,14)9-5-7(2-1-3-17)4-8(6-9)10(15)16/h4-6,17H,3H2,(H,15,16). The maximum absolute atomic E-state index is 12.5. The van der Waals surface area contributed by atoms with Crippen LogP contribution in [-0.4, -0.2) is 16.8 Å². The van der Waals surface area contributed by atoms with Crippen LogP contribution in [0, 0.1) is 11.8 Å². The highest BCUT2D eigenvalue weighted by molar-refractivity contribution is 7.80. The summed E-state index contributed by atoms with van der Waals surface area (Å²) in [6.07, 6.45) is -4.59. The number of carboxylic acids is 1. The van der Waals surface area contributed by atoms with Crippen molar-refractivity contribution < 1.29 is 23.1 Å². The van der Waals surface area contributed by atoms with E-state index in [0.29, 0.717) is 6.07 Å². The predicted molar refractivity (Wildman–Crippen MR) is 59.1 cm³/mol. The van der Waals surface area contributed by atoms with Crippen molar-refractivity contribution in [2.45, 2.75) is 6.18 Å². The van der Waals surface area contributed by atoms with Gasteiger partial charge in [0.1, 0.15) is 0 Å². The monoisotopic (exact) mass is 260 g/mol. The Hall–Kier alpha value is -1.61. The molecule has 0 saturated heterocycles. The van der Waals surface area contributed by atoms with E-state index in [1.807, 2.05) is 0 Å². The molecule has 17 heavy (non-hydrogen) atoms. The lowest BCUT2D eigenvalue weighted by atomic mass is 10.1. The van der Waals surface area contributed by atoms with E-state index in [4.69, 9.17) is 5.11 Å². The van der Waals surface area contributed by atoms with E-state index < -0.39 is 23.3 Å². The average molecular weight is 260 g/mol. The molecule has 90 valence electrons. The van der Waals surface area contributed by atoms with Crippen LogP contribution in [0.3, 0.4) is 0 Å². The number of carbonyl (C=O) groups is 1. The summed E-state index contributed by atoms with van der Waals surface area (Å²) in [7, 11) is 0. The minimum absolute atomic E-state index is 0.00581. The number of alkyl halides is 3. The first-order valence-electron chi connectivity index (χ1n) is 4.40. The van der Waals surface area contributed by atoms with E-state index in [1.54, 1.807) is 0 Å². The summed E-state index contributed by atoms with van der Waals surface area (Å²) < 4.78 is 37.4. The Morgan fingerprint density at radius 2 is 2.00 bits per heavy atom. The Kier molecular flexibility index (Phi) is 4.07. The van der Waals surface area contributed by atoms with Gasteiger partial charge in [-0.25, -0.2) is 4.79 Å². The Morgan fingerprint density at radius 1 is 1.35 bits per heavy atom. The Labute approximate surface area is 101 Å². The van der Waals surface area contributed by atoms with Crippen LogP contribution in [-0.2, 0) is 6.18 Å². The SMILES string of the molecule is O=C(O)c1cc(C#CCS)cc(C(F)(F)F)c1. The van der Waals surface area contributed by atoms with E-state index >= 15 is 0 Å². The second-order valence-corrected chi connectivity index (χ2v) is 3.38. The molecular weight excluding hydrogens is 253 g/mol. The van der Waals surface area contributed by atoms with Crippen LogP contribution >= 0.6 is 12.6 Å². The Bertz CT molecular complexity index is 498. The van der Waals surface area contributed by atoms with Crippen molar-refractivity contribution in [1.29, 1.82) is 0 Å². The number of halogens is 3. The molecule has 1 aromatic rings. The normalized spacial score (nSPS) is 10.6. The summed E-state index contributed by atoms with van der Waals surface area (Å²) in [5, 5.41) is 8.69. The van der Waals surface area contributed by atoms with Crippen LogP contribution < -0.4 is 0 Å². The summed E-state index contributed by atoms with van der Waals surface area (Å²) in [6, 6.07) is 2.48. The van der Waals surface area contributed by atoms with E-state index in [9.17, 15) is 18.0 Å². The minimum Gasteiger partial charge on any atom is -0.478 e. The minimum atomic E-state index is -4.59. The van der Waals surface area contributed by atoms with Gasteiger partial charge in [-0.05, 0) is 18.2 Å². The molecule has 1 rings (SSSR count). The van der Waals surface area contributed by atoms with Crippen molar-refractivity contribution in [3.63, 3.8) is 0 Å². The fourth-order valence-corrected chi connectivity index (χ4v) is 1.21. The zero-order valence-electron chi connectivity index (χ0n) is 8.38. The molecule has 0 unspecified atom stereocenters. The molecule has 0 saturated carbocycles. The van der Waals surface area contributed by atoms with Crippen LogP contribution in [0.2, 0.25) is 0 Å². The number of benzene rings is 1. The summed E-state index contributed by atoms with van der Waals surface area (Å²) in [5.41, 5.74) is -1.46. The van der Waals surface area contributed by atoms with Crippen LogP contribution in [0.1, 0.15) is 21.5 Å². The highest BCUT2D eigenvalue weighted by atomic mass is 32.1. The Balaban J connectivity index is 3.34. The van der Waals surface area contributed by atoms with Gasteiger partial charge in [0.25, 0.3) is 0 Å². The second kappa shape index (κ2) is 5.15. The van der Waals surface area contributed by atoms with Gasteiger partial charge >= 0.3 is 12.1 Å². The molecule has 0 aliphatic heterocycles. The molecule has 1 N–H and O–H groups in total.